The van der Waals surface area contributed by atoms with Crippen molar-refractivity contribution in [2.45, 2.75) is 25.4 Å². The topological polar surface area (TPSA) is 54.9 Å². The molecule has 1 fully saturated rings. The lowest BCUT2D eigenvalue weighted by Gasteiger charge is -2.22. The number of aromatic nitrogens is 2. The van der Waals surface area contributed by atoms with Crippen LogP contribution in [0, 0.1) is 0 Å². The second-order valence-corrected chi connectivity index (χ2v) is 5.40. The zero-order valence-electron chi connectivity index (χ0n) is 8.56. The van der Waals surface area contributed by atoms with E-state index in [0.717, 1.165) is 36.6 Å². The van der Waals surface area contributed by atoms with Gasteiger partial charge in [0.2, 0.25) is 0 Å². The molecule has 2 rings (SSSR count). The Bertz CT molecular complexity index is 321. The average molecular weight is 225 g/mol. The molecule has 1 aliphatic rings. The molecular weight excluding hydrogens is 210 g/mol. The minimum Gasteiger partial charge on any atom is -0.308 e. The summed E-state index contributed by atoms with van der Waals surface area (Å²) >= 11 is 0. The number of rotatable bonds is 3. The Morgan fingerprint density at radius 2 is 2.20 bits per heavy atom. The van der Waals surface area contributed by atoms with Gasteiger partial charge in [0.15, 0.2) is 0 Å². The standard InChI is InChI=1S/C10H15N3OS/c14-15-5-1-9(2-6-15)13-8-10-7-11-3-4-12-10/h3-4,7,9,13H,1-2,5-6,8H2. The van der Waals surface area contributed by atoms with Crippen molar-refractivity contribution < 1.29 is 4.21 Å². The average Bonchev–Trinajstić information content (AvgIpc) is 2.30. The van der Waals surface area contributed by atoms with Crippen LogP contribution in [0.5, 0.6) is 0 Å². The number of nitrogens with zero attached hydrogens (tertiary/aromatic N) is 2. The van der Waals surface area contributed by atoms with Crippen molar-refractivity contribution in [1.82, 2.24) is 15.3 Å². The molecule has 0 spiro atoms. The molecule has 82 valence electrons. The fourth-order valence-electron chi connectivity index (χ4n) is 1.67. The molecule has 1 aromatic rings. The summed E-state index contributed by atoms with van der Waals surface area (Å²) in [6.07, 6.45) is 7.16. The number of hydrogen-bond acceptors (Lipinski definition) is 4. The first-order valence-electron chi connectivity index (χ1n) is 5.18. The van der Waals surface area contributed by atoms with E-state index in [1.807, 2.05) is 0 Å². The maximum absolute atomic E-state index is 11.1. The SMILES string of the molecule is O=S1CCC(NCc2cnccn2)CC1. The van der Waals surface area contributed by atoms with Crippen LogP contribution in [-0.2, 0) is 17.3 Å². The lowest BCUT2D eigenvalue weighted by Crippen LogP contribution is -2.35. The fraction of sp³-hybridized carbons (Fsp3) is 0.600. The molecule has 2 heterocycles. The summed E-state index contributed by atoms with van der Waals surface area (Å²) in [4.78, 5) is 8.20. The highest BCUT2D eigenvalue weighted by Gasteiger charge is 2.16. The summed E-state index contributed by atoms with van der Waals surface area (Å²) in [7, 11) is -0.577. The van der Waals surface area contributed by atoms with E-state index >= 15 is 0 Å². The highest BCUT2D eigenvalue weighted by molar-refractivity contribution is 7.85. The van der Waals surface area contributed by atoms with E-state index in [1.54, 1.807) is 18.6 Å². The number of hydrogen-bond donors (Lipinski definition) is 1. The van der Waals surface area contributed by atoms with Gasteiger partial charge in [-0.25, -0.2) is 0 Å². The zero-order valence-corrected chi connectivity index (χ0v) is 9.37. The summed E-state index contributed by atoms with van der Waals surface area (Å²) in [5.41, 5.74) is 0.962. The first-order chi connectivity index (χ1) is 7.34. The molecule has 0 aliphatic carbocycles. The van der Waals surface area contributed by atoms with Gasteiger partial charge in [-0.3, -0.25) is 14.2 Å². The normalized spacial score (nSPS) is 26.4. The molecule has 0 amide bonds. The lowest BCUT2D eigenvalue weighted by atomic mass is 10.1. The van der Waals surface area contributed by atoms with E-state index in [0.29, 0.717) is 6.04 Å². The first-order valence-corrected chi connectivity index (χ1v) is 6.66. The van der Waals surface area contributed by atoms with Gasteiger partial charge in [0.25, 0.3) is 0 Å². The highest BCUT2D eigenvalue weighted by Crippen LogP contribution is 2.09. The molecule has 1 aromatic heterocycles. The van der Waals surface area contributed by atoms with Crippen LogP contribution in [0.3, 0.4) is 0 Å². The van der Waals surface area contributed by atoms with Gasteiger partial charge in [-0.05, 0) is 12.8 Å². The number of nitrogens with one attached hydrogen (secondary N) is 1. The summed E-state index contributed by atoms with van der Waals surface area (Å²) in [5, 5.41) is 3.42. The molecule has 0 bridgehead atoms. The minimum atomic E-state index is -0.577. The van der Waals surface area contributed by atoms with Gasteiger partial charge in [0.1, 0.15) is 0 Å². The zero-order chi connectivity index (χ0) is 10.5. The maximum Gasteiger partial charge on any atom is 0.0724 e. The minimum absolute atomic E-state index is 0.490. The van der Waals surface area contributed by atoms with Crippen molar-refractivity contribution >= 4 is 10.8 Å². The van der Waals surface area contributed by atoms with Crippen molar-refractivity contribution in [3.63, 3.8) is 0 Å². The van der Waals surface area contributed by atoms with Crippen molar-refractivity contribution in [1.29, 1.82) is 0 Å². The van der Waals surface area contributed by atoms with E-state index in [2.05, 4.69) is 15.3 Å². The van der Waals surface area contributed by atoms with Crippen LogP contribution in [0.25, 0.3) is 0 Å². The summed E-state index contributed by atoms with van der Waals surface area (Å²) in [5.74, 6) is 1.66. The smallest absolute Gasteiger partial charge is 0.0724 e. The molecule has 0 saturated carbocycles. The third kappa shape index (κ3) is 3.35. The molecule has 1 saturated heterocycles. The van der Waals surface area contributed by atoms with E-state index in [9.17, 15) is 4.21 Å². The lowest BCUT2D eigenvalue weighted by molar-refractivity contribution is 0.471. The van der Waals surface area contributed by atoms with Crippen LogP contribution in [0.4, 0.5) is 0 Å². The van der Waals surface area contributed by atoms with Crippen LogP contribution in [0.1, 0.15) is 18.5 Å². The van der Waals surface area contributed by atoms with Crippen molar-refractivity contribution in [2.24, 2.45) is 0 Å². The Kier molecular flexibility index (Phi) is 3.80. The highest BCUT2D eigenvalue weighted by atomic mass is 32.2. The predicted octanol–water partition coefficient (Wildman–Crippen LogP) is 0.477. The Hall–Kier alpha value is -0.810. The molecule has 5 heteroatoms. The van der Waals surface area contributed by atoms with Crippen molar-refractivity contribution in [2.75, 3.05) is 11.5 Å². The molecule has 0 radical (unpaired) electrons. The third-order valence-corrected chi connectivity index (χ3v) is 3.96. The molecule has 0 unspecified atom stereocenters. The van der Waals surface area contributed by atoms with E-state index in [1.165, 1.54) is 0 Å². The third-order valence-electron chi connectivity index (χ3n) is 2.58. The molecule has 0 aromatic carbocycles. The quantitative estimate of drug-likeness (QED) is 0.813. The van der Waals surface area contributed by atoms with Gasteiger partial charge < -0.3 is 5.32 Å². The Balaban J connectivity index is 1.77. The second kappa shape index (κ2) is 5.32. The Morgan fingerprint density at radius 3 is 2.87 bits per heavy atom. The summed E-state index contributed by atoms with van der Waals surface area (Å²) in [6, 6.07) is 0.490. The largest absolute Gasteiger partial charge is 0.308 e. The van der Waals surface area contributed by atoms with Crippen LogP contribution in [0.2, 0.25) is 0 Å². The van der Waals surface area contributed by atoms with Gasteiger partial charge in [-0.2, -0.15) is 0 Å². The van der Waals surface area contributed by atoms with Gasteiger partial charge in [0.05, 0.1) is 5.69 Å². The Labute approximate surface area is 92.0 Å². The molecular formula is C10H15N3OS. The maximum atomic E-state index is 11.1. The van der Waals surface area contributed by atoms with Crippen LogP contribution in [0.15, 0.2) is 18.6 Å². The van der Waals surface area contributed by atoms with Gasteiger partial charge in [-0.15, -0.1) is 0 Å². The molecule has 1 aliphatic heterocycles. The van der Waals surface area contributed by atoms with Crippen LogP contribution in [-0.4, -0.2) is 31.7 Å². The summed E-state index contributed by atoms with van der Waals surface area (Å²) < 4.78 is 11.1. The molecule has 0 atom stereocenters. The van der Waals surface area contributed by atoms with Crippen LogP contribution < -0.4 is 5.32 Å². The molecule has 15 heavy (non-hydrogen) atoms. The van der Waals surface area contributed by atoms with Gasteiger partial charge in [-0.1, -0.05) is 0 Å². The van der Waals surface area contributed by atoms with Crippen molar-refractivity contribution in [3.8, 4) is 0 Å². The monoisotopic (exact) mass is 225 g/mol. The van der Waals surface area contributed by atoms with Gasteiger partial charge >= 0.3 is 0 Å². The first kappa shape index (κ1) is 10.7. The Morgan fingerprint density at radius 1 is 1.40 bits per heavy atom. The molecule has 1 N–H and O–H groups in total. The molecule has 4 nitrogen and oxygen atoms in total. The van der Waals surface area contributed by atoms with E-state index in [4.69, 9.17) is 0 Å². The fourth-order valence-corrected chi connectivity index (χ4v) is 2.97. The van der Waals surface area contributed by atoms with Crippen LogP contribution >= 0.6 is 0 Å². The van der Waals surface area contributed by atoms with Crippen molar-refractivity contribution in [3.05, 3.63) is 24.3 Å². The van der Waals surface area contributed by atoms with E-state index in [-0.39, 0.29) is 0 Å². The predicted molar refractivity (Wildman–Crippen MR) is 59.8 cm³/mol. The summed E-state index contributed by atoms with van der Waals surface area (Å²) in [6.45, 7) is 0.755. The van der Waals surface area contributed by atoms with E-state index < -0.39 is 10.8 Å². The van der Waals surface area contributed by atoms with Gasteiger partial charge in [0, 0.05) is 53.5 Å². The second-order valence-electron chi connectivity index (χ2n) is 3.70.